The van der Waals surface area contributed by atoms with E-state index in [4.69, 9.17) is 11.6 Å². The number of aryl methyl sites for hydroxylation is 3. The van der Waals surface area contributed by atoms with Crippen LogP contribution in [0.15, 0.2) is 48.5 Å². The third-order valence-corrected chi connectivity index (χ3v) is 6.03. The highest BCUT2D eigenvalue weighted by molar-refractivity contribution is 6.31. The summed E-state index contributed by atoms with van der Waals surface area (Å²) in [4.78, 5) is 16.6. The Bertz CT molecular complexity index is 1090. The number of hydrogen-bond acceptors (Lipinski definition) is 4. The molecule has 0 radical (unpaired) electrons. The average molecular weight is 436 g/mol. The van der Waals surface area contributed by atoms with Crippen molar-refractivity contribution >= 4 is 29.1 Å². The number of urea groups is 1. The van der Waals surface area contributed by atoms with Crippen LogP contribution in [-0.4, -0.2) is 47.3 Å². The van der Waals surface area contributed by atoms with E-state index in [1.54, 1.807) is 6.07 Å². The summed E-state index contributed by atoms with van der Waals surface area (Å²) in [5.74, 6) is 0.832. The molecule has 0 saturated carbocycles. The number of carbonyl (C=O) groups excluding carboxylic acids is 1. The molecule has 2 heterocycles. The molecule has 3 aromatic rings. The van der Waals surface area contributed by atoms with Gasteiger partial charge in [-0.25, -0.2) is 4.79 Å². The first-order valence-electron chi connectivity index (χ1n) is 10.4. The normalized spacial score (nSPS) is 13.9. The van der Waals surface area contributed by atoms with E-state index < -0.39 is 0 Å². The molecule has 1 fully saturated rings. The zero-order chi connectivity index (χ0) is 22.0. The molecule has 1 saturated heterocycles. The van der Waals surface area contributed by atoms with E-state index in [2.05, 4.69) is 52.5 Å². The largest absolute Gasteiger partial charge is 0.352 e. The highest BCUT2D eigenvalue weighted by Crippen LogP contribution is 2.24. The Hall–Kier alpha value is -3.12. The first-order valence-corrected chi connectivity index (χ1v) is 10.8. The first kappa shape index (κ1) is 21.1. The summed E-state index contributed by atoms with van der Waals surface area (Å²) >= 11 is 6.15. The van der Waals surface area contributed by atoms with Gasteiger partial charge in [0.15, 0.2) is 5.82 Å². The Balaban J connectivity index is 1.36. The number of amides is 2. The van der Waals surface area contributed by atoms with Crippen LogP contribution in [0, 0.1) is 20.8 Å². The van der Waals surface area contributed by atoms with Crippen molar-refractivity contribution in [1.29, 1.82) is 0 Å². The lowest BCUT2D eigenvalue weighted by atomic mass is 10.0. The van der Waals surface area contributed by atoms with Crippen molar-refractivity contribution < 1.29 is 4.79 Å². The second-order valence-corrected chi connectivity index (χ2v) is 8.37. The molecule has 0 atom stereocenters. The molecule has 2 amide bonds. The number of piperazine rings is 1. The predicted molar refractivity (Wildman–Crippen MR) is 126 cm³/mol. The summed E-state index contributed by atoms with van der Waals surface area (Å²) in [6.07, 6.45) is 0. The Labute approximate surface area is 187 Å². The Morgan fingerprint density at radius 1 is 0.903 bits per heavy atom. The van der Waals surface area contributed by atoms with Crippen LogP contribution in [0.5, 0.6) is 0 Å². The van der Waals surface area contributed by atoms with Gasteiger partial charge in [0.1, 0.15) is 0 Å². The van der Waals surface area contributed by atoms with Crippen molar-refractivity contribution in [2.45, 2.75) is 20.8 Å². The lowest BCUT2D eigenvalue weighted by Gasteiger charge is -2.35. The molecule has 31 heavy (non-hydrogen) atoms. The van der Waals surface area contributed by atoms with Crippen molar-refractivity contribution in [3.8, 4) is 11.3 Å². The molecule has 1 aromatic heterocycles. The highest BCUT2D eigenvalue weighted by atomic mass is 35.5. The maximum atomic E-state index is 12.6. The summed E-state index contributed by atoms with van der Waals surface area (Å²) in [7, 11) is 0. The van der Waals surface area contributed by atoms with Gasteiger partial charge in [-0.2, -0.15) is 0 Å². The molecule has 0 bridgehead atoms. The van der Waals surface area contributed by atoms with Gasteiger partial charge in [-0.3, -0.25) is 0 Å². The summed E-state index contributed by atoms with van der Waals surface area (Å²) in [6.45, 7) is 8.76. The fourth-order valence-electron chi connectivity index (χ4n) is 3.75. The lowest BCUT2D eigenvalue weighted by molar-refractivity contribution is 0.208. The molecule has 1 aliphatic rings. The molecule has 160 valence electrons. The molecule has 2 aromatic carbocycles. The summed E-state index contributed by atoms with van der Waals surface area (Å²) in [6, 6.07) is 15.8. The molecule has 0 aliphatic carbocycles. The first-order chi connectivity index (χ1) is 14.9. The topological polar surface area (TPSA) is 61.4 Å². The van der Waals surface area contributed by atoms with Crippen LogP contribution in [0.1, 0.15) is 16.7 Å². The lowest BCUT2D eigenvalue weighted by Crippen LogP contribution is -2.50. The highest BCUT2D eigenvalue weighted by Gasteiger charge is 2.22. The number of aromatic nitrogens is 2. The number of nitrogens with zero attached hydrogens (tertiary/aromatic N) is 4. The van der Waals surface area contributed by atoms with E-state index in [9.17, 15) is 4.79 Å². The predicted octanol–water partition coefficient (Wildman–Crippen LogP) is 5.08. The van der Waals surface area contributed by atoms with Crippen LogP contribution in [0.4, 0.5) is 16.3 Å². The second-order valence-electron chi connectivity index (χ2n) is 7.96. The fourth-order valence-corrected chi connectivity index (χ4v) is 3.93. The van der Waals surface area contributed by atoms with Crippen molar-refractivity contribution in [3.63, 3.8) is 0 Å². The summed E-state index contributed by atoms with van der Waals surface area (Å²) in [5, 5.41) is 12.5. The van der Waals surface area contributed by atoms with Gasteiger partial charge in [0.25, 0.3) is 0 Å². The smallest absolute Gasteiger partial charge is 0.321 e. The zero-order valence-corrected chi connectivity index (χ0v) is 18.8. The van der Waals surface area contributed by atoms with Crippen LogP contribution in [-0.2, 0) is 0 Å². The molecule has 1 N–H and O–H groups in total. The molecule has 4 rings (SSSR count). The van der Waals surface area contributed by atoms with Gasteiger partial charge < -0.3 is 15.1 Å². The maximum Gasteiger partial charge on any atom is 0.321 e. The maximum absolute atomic E-state index is 12.6. The molecule has 0 unspecified atom stereocenters. The third kappa shape index (κ3) is 4.80. The molecular formula is C24H26ClN5O. The minimum Gasteiger partial charge on any atom is -0.352 e. The van der Waals surface area contributed by atoms with Crippen LogP contribution >= 0.6 is 11.6 Å². The quantitative estimate of drug-likeness (QED) is 0.623. The van der Waals surface area contributed by atoms with Gasteiger partial charge in [-0.1, -0.05) is 41.4 Å². The number of nitrogens with one attached hydrogen (secondary N) is 1. The van der Waals surface area contributed by atoms with Crippen LogP contribution < -0.4 is 10.2 Å². The van der Waals surface area contributed by atoms with Crippen LogP contribution in [0.3, 0.4) is 0 Å². The minimum absolute atomic E-state index is 0.115. The second kappa shape index (κ2) is 8.94. The van der Waals surface area contributed by atoms with Crippen molar-refractivity contribution in [2.24, 2.45) is 0 Å². The number of anilines is 2. The molecule has 0 spiro atoms. The van der Waals surface area contributed by atoms with Gasteiger partial charge in [0, 0.05) is 42.5 Å². The molecular weight excluding hydrogens is 410 g/mol. The Morgan fingerprint density at radius 3 is 2.32 bits per heavy atom. The Kier molecular flexibility index (Phi) is 6.09. The fraction of sp³-hybridized carbons (Fsp3) is 0.292. The number of carbonyl (C=O) groups is 1. The van der Waals surface area contributed by atoms with E-state index >= 15 is 0 Å². The van der Waals surface area contributed by atoms with Crippen molar-refractivity contribution in [2.75, 3.05) is 36.4 Å². The van der Waals surface area contributed by atoms with Crippen LogP contribution in [0.2, 0.25) is 5.02 Å². The number of halogens is 1. The van der Waals surface area contributed by atoms with E-state index in [1.165, 1.54) is 11.1 Å². The Morgan fingerprint density at radius 2 is 1.68 bits per heavy atom. The average Bonchev–Trinajstić information content (AvgIpc) is 2.77. The van der Waals surface area contributed by atoms with Gasteiger partial charge in [0.05, 0.1) is 5.69 Å². The van der Waals surface area contributed by atoms with E-state index in [1.807, 2.05) is 36.1 Å². The van der Waals surface area contributed by atoms with E-state index in [0.717, 1.165) is 22.6 Å². The molecule has 6 nitrogen and oxygen atoms in total. The summed E-state index contributed by atoms with van der Waals surface area (Å²) in [5.41, 5.74) is 6.09. The van der Waals surface area contributed by atoms with Gasteiger partial charge >= 0.3 is 6.03 Å². The van der Waals surface area contributed by atoms with Gasteiger partial charge in [-0.15, -0.1) is 10.2 Å². The van der Waals surface area contributed by atoms with Crippen molar-refractivity contribution in [3.05, 3.63) is 70.2 Å². The third-order valence-electron chi connectivity index (χ3n) is 5.62. The van der Waals surface area contributed by atoms with E-state index in [0.29, 0.717) is 36.9 Å². The molecule has 7 heteroatoms. The minimum atomic E-state index is -0.115. The SMILES string of the molecule is Cc1ccc(-c2ccc(N3CCN(C(=O)Nc4ccc(C)c(Cl)c4)CC3)nn2)c(C)c1. The number of rotatable bonds is 3. The summed E-state index contributed by atoms with van der Waals surface area (Å²) < 4.78 is 0. The van der Waals surface area contributed by atoms with Crippen molar-refractivity contribution in [1.82, 2.24) is 15.1 Å². The standard InChI is InChI=1S/C24H26ClN5O/c1-16-4-7-20(18(3)14-16)22-8-9-23(28-27-22)29-10-12-30(13-11-29)24(31)26-19-6-5-17(2)21(25)15-19/h4-9,14-15H,10-13H2,1-3H3,(H,26,31). The van der Waals surface area contributed by atoms with Gasteiger partial charge in [-0.05, 0) is 56.2 Å². The number of benzene rings is 2. The zero-order valence-electron chi connectivity index (χ0n) is 18.0. The van der Waals surface area contributed by atoms with E-state index in [-0.39, 0.29) is 6.03 Å². The van der Waals surface area contributed by atoms with Crippen LogP contribution in [0.25, 0.3) is 11.3 Å². The molecule has 1 aliphatic heterocycles. The number of hydrogen-bond donors (Lipinski definition) is 1. The monoisotopic (exact) mass is 435 g/mol. The van der Waals surface area contributed by atoms with Gasteiger partial charge in [0.2, 0.25) is 0 Å².